The van der Waals surface area contributed by atoms with Crippen LogP contribution in [0.4, 0.5) is 0 Å². The summed E-state index contributed by atoms with van der Waals surface area (Å²) in [5.74, 6) is -2.61. The molecule has 0 aliphatic carbocycles. The number of aromatic nitrogens is 2. The minimum atomic E-state index is -2.08. The monoisotopic (exact) mass is 355 g/mol. The molecule has 0 aliphatic rings. The van der Waals surface area contributed by atoms with E-state index >= 15 is 0 Å². The zero-order chi connectivity index (χ0) is 19.0. The molecular formula is C15H21N3O7. The molecule has 0 radical (unpaired) electrons. The van der Waals surface area contributed by atoms with Crippen molar-refractivity contribution in [3.8, 4) is 0 Å². The second-order valence-corrected chi connectivity index (χ2v) is 5.12. The van der Waals surface area contributed by atoms with Gasteiger partial charge >= 0.3 is 17.6 Å². The molecule has 0 spiro atoms. The van der Waals surface area contributed by atoms with Crippen molar-refractivity contribution >= 4 is 17.8 Å². The first-order valence-corrected chi connectivity index (χ1v) is 7.70. The van der Waals surface area contributed by atoms with Crippen LogP contribution in [0.25, 0.3) is 0 Å². The minimum Gasteiger partial charge on any atom is -0.464 e. The third-order valence-electron chi connectivity index (χ3n) is 3.30. The molecule has 0 aromatic carbocycles. The van der Waals surface area contributed by atoms with E-state index in [-0.39, 0.29) is 31.6 Å². The van der Waals surface area contributed by atoms with Crippen LogP contribution in [0.15, 0.2) is 15.8 Å². The fourth-order valence-electron chi connectivity index (χ4n) is 2.21. The van der Waals surface area contributed by atoms with Gasteiger partial charge in [-0.05, 0) is 26.7 Å². The number of aromatic amines is 2. The lowest BCUT2D eigenvalue weighted by Crippen LogP contribution is -2.61. The molecule has 25 heavy (non-hydrogen) atoms. The first-order chi connectivity index (χ1) is 11.8. The number of nitrogens with one attached hydrogen (secondary N) is 3. The third kappa shape index (κ3) is 5.03. The Balaban J connectivity index is 3.24. The van der Waals surface area contributed by atoms with Gasteiger partial charge in [0.25, 0.3) is 5.56 Å². The first kappa shape index (κ1) is 20.1. The average molecular weight is 355 g/mol. The first-order valence-electron chi connectivity index (χ1n) is 7.70. The minimum absolute atomic E-state index is 0.0151. The molecule has 1 aromatic rings. The summed E-state index contributed by atoms with van der Waals surface area (Å²) >= 11 is 0. The predicted octanol–water partition coefficient (Wildman–Crippen LogP) is -1.00. The van der Waals surface area contributed by atoms with Crippen molar-refractivity contribution in [1.82, 2.24) is 15.3 Å². The van der Waals surface area contributed by atoms with Gasteiger partial charge in [0.2, 0.25) is 11.4 Å². The number of H-pyrrole nitrogens is 2. The fourth-order valence-corrected chi connectivity index (χ4v) is 2.21. The van der Waals surface area contributed by atoms with Gasteiger partial charge < -0.3 is 19.8 Å². The van der Waals surface area contributed by atoms with Crippen molar-refractivity contribution in [1.29, 1.82) is 0 Å². The van der Waals surface area contributed by atoms with Crippen LogP contribution >= 0.6 is 0 Å². The standard InChI is InChI=1S/C15H21N3O7/c1-4-24-12(21)15(18-9(3)19,13(22)25-5-2)7-6-10-8-16-14(23)17-11(10)20/h8H,4-7H2,1-3H3,(H,18,19)(H2,16,17,20,23). The number of carbonyl (C=O) groups excluding carboxylic acids is 3. The largest absolute Gasteiger partial charge is 0.464 e. The highest BCUT2D eigenvalue weighted by atomic mass is 16.6. The molecule has 3 N–H and O–H groups in total. The molecule has 0 unspecified atom stereocenters. The third-order valence-corrected chi connectivity index (χ3v) is 3.30. The maximum Gasteiger partial charge on any atom is 0.343 e. The van der Waals surface area contributed by atoms with Gasteiger partial charge in [-0.25, -0.2) is 14.4 Å². The molecule has 1 amide bonds. The molecule has 0 aliphatic heterocycles. The van der Waals surface area contributed by atoms with Gasteiger partial charge in [0.15, 0.2) is 0 Å². The predicted molar refractivity (Wildman–Crippen MR) is 85.8 cm³/mol. The number of rotatable bonds is 8. The van der Waals surface area contributed by atoms with Crippen LogP contribution < -0.4 is 16.6 Å². The maximum absolute atomic E-state index is 12.4. The Bertz CT molecular complexity index is 732. The van der Waals surface area contributed by atoms with Crippen molar-refractivity contribution in [2.75, 3.05) is 13.2 Å². The van der Waals surface area contributed by atoms with Crippen molar-refractivity contribution in [3.63, 3.8) is 0 Å². The van der Waals surface area contributed by atoms with E-state index in [1.165, 1.54) is 6.20 Å². The summed E-state index contributed by atoms with van der Waals surface area (Å²) in [6.45, 7) is 4.21. The van der Waals surface area contributed by atoms with Crippen LogP contribution in [-0.4, -0.2) is 46.6 Å². The van der Waals surface area contributed by atoms with Gasteiger partial charge in [-0.2, -0.15) is 0 Å². The second-order valence-electron chi connectivity index (χ2n) is 5.12. The normalized spacial score (nSPS) is 10.8. The Kier molecular flexibility index (Phi) is 7.09. The van der Waals surface area contributed by atoms with Gasteiger partial charge in [0, 0.05) is 18.7 Å². The average Bonchev–Trinajstić information content (AvgIpc) is 2.52. The summed E-state index contributed by atoms with van der Waals surface area (Å²) in [5.41, 5.74) is -3.30. The fraction of sp³-hybridized carbons (Fsp3) is 0.533. The van der Waals surface area contributed by atoms with E-state index in [4.69, 9.17) is 9.47 Å². The summed E-state index contributed by atoms with van der Waals surface area (Å²) in [6.07, 6.45) is 0.805. The molecule has 0 atom stereocenters. The van der Waals surface area contributed by atoms with Crippen LogP contribution in [0, 0.1) is 0 Å². The molecule has 1 heterocycles. The lowest BCUT2D eigenvalue weighted by Gasteiger charge is -2.29. The zero-order valence-electron chi connectivity index (χ0n) is 14.3. The topological polar surface area (TPSA) is 147 Å². The van der Waals surface area contributed by atoms with Gasteiger partial charge in [0.05, 0.1) is 13.2 Å². The summed E-state index contributed by atoms with van der Waals surface area (Å²) in [7, 11) is 0. The number of hydrogen-bond donors (Lipinski definition) is 3. The summed E-state index contributed by atoms with van der Waals surface area (Å²) in [4.78, 5) is 63.5. The Hall–Kier alpha value is -2.91. The molecule has 0 saturated carbocycles. The molecule has 138 valence electrons. The van der Waals surface area contributed by atoms with E-state index in [0.717, 1.165) is 6.92 Å². The van der Waals surface area contributed by atoms with Gasteiger partial charge in [-0.3, -0.25) is 14.6 Å². The molecule has 0 fully saturated rings. The van der Waals surface area contributed by atoms with E-state index in [9.17, 15) is 24.0 Å². The summed E-state index contributed by atoms with van der Waals surface area (Å²) < 4.78 is 9.83. The smallest absolute Gasteiger partial charge is 0.343 e. The zero-order valence-corrected chi connectivity index (χ0v) is 14.3. The number of esters is 2. The lowest BCUT2D eigenvalue weighted by atomic mass is 9.91. The van der Waals surface area contributed by atoms with E-state index in [1.54, 1.807) is 13.8 Å². The number of amides is 1. The highest BCUT2D eigenvalue weighted by molar-refractivity contribution is 6.07. The lowest BCUT2D eigenvalue weighted by molar-refractivity contribution is -0.168. The van der Waals surface area contributed by atoms with Crippen molar-refractivity contribution in [2.24, 2.45) is 0 Å². The van der Waals surface area contributed by atoms with Crippen molar-refractivity contribution in [3.05, 3.63) is 32.6 Å². The maximum atomic E-state index is 12.4. The Labute approximate surface area is 142 Å². The number of ether oxygens (including phenoxy) is 2. The Morgan fingerprint density at radius 1 is 1.12 bits per heavy atom. The number of hydrogen-bond acceptors (Lipinski definition) is 7. The Morgan fingerprint density at radius 2 is 1.68 bits per heavy atom. The molecule has 1 aromatic heterocycles. The molecule has 10 heteroatoms. The van der Waals surface area contributed by atoms with Crippen LogP contribution in [0.1, 0.15) is 32.8 Å². The number of aryl methyl sites for hydroxylation is 1. The highest BCUT2D eigenvalue weighted by Crippen LogP contribution is 2.18. The van der Waals surface area contributed by atoms with Crippen LogP contribution in [0.5, 0.6) is 0 Å². The molecule has 1 rings (SSSR count). The van der Waals surface area contributed by atoms with E-state index in [1.807, 2.05) is 4.98 Å². The molecule has 0 bridgehead atoms. The van der Waals surface area contributed by atoms with Crippen molar-refractivity contribution in [2.45, 2.75) is 39.2 Å². The SMILES string of the molecule is CCOC(=O)C(CCc1c[nH]c(=O)[nH]c1=O)(NC(C)=O)C(=O)OCC. The van der Waals surface area contributed by atoms with E-state index < -0.39 is 34.6 Å². The molecule has 0 saturated heterocycles. The van der Waals surface area contributed by atoms with Crippen LogP contribution in [-0.2, 0) is 30.3 Å². The Morgan fingerprint density at radius 3 is 2.12 bits per heavy atom. The molecular weight excluding hydrogens is 334 g/mol. The van der Waals surface area contributed by atoms with E-state index in [2.05, 4.69) is 10.3 Å². The van der Waals surface area contributed by atoms with Gasteiger partial charge in [-0.1, -0.05) is 0 Å². The van der Waals surface area contributed by atoms with Crippen LogP contribution in [0.2, 0.25) is 0 Å². The quantitative estimate of drug-likeness (QED) is 0.400. The van der Waals surface area contributed by atoms with E-state index in [0.29, 0.717) is 0 Å². The summed E-state index contributed by atoms with van der Waals surface area (Å²) in [5, 5.41) is 2.29. The molecule has 10 nitrogen and oxygen atoms in total. The van der Waals surface area contributed by atoms with Gasteiger partial charge in [0.1, 0.15) is 0 Å². The number of carbonyl (C=O) groups is 3. The highest BCUT2D eigenvalue weighted by Gasteiger charge is 2.49. The van der Waals surface area contributed by atoms with Crippen molar-refractivity contribution < 1.29 is 23.9 Å². The van der Waals surface area contributed by atoms with Gasteiger partial charge in [-0.15, -0.1) is 0 Å². The summed E-state index contributed by atoms with van der Waals surface area (Å²) in [6, 6.07) is 0. The van der Waals surface area contributed by atoms with Crippen LogP contribution in [0.3, 0.4) is 0 Å². The second kappa shape index (κ2) is 8.81.